The fraction of sp³-hybridized carbons (Fsp3) is 0.562. The second kappa shape index (κ2) is 5.54. The van der Waals surface area contributed by atoms with E-state index in [9.17, 15) is 9.90 Å². The van der Waals surface area contributed by atoms with Gasteiger partial charge in [0.25, 0.3) is 5.91 Å². The average Bonchev–Trinajstić information content (AvgIpc) is 2.64. The quantitative estimate of drug-likeness (QED) is 0.920. The number of methoxy groups -OCH3 is 1. The Labute approximate surface area is 120 Å². The number of aliphatic hydroxyl groups is 1. The molecule has 0 unspecified atom stereocenters. The maximum absolute atomic E-state index is 12.3. The summed E-state index contributed by atoms with van der Waals surface area (Å²) in [6.45, 7) is 6.79. The average molecular weight is 277 g/mol. The summed E-state index contributed by atoms with van der Waals surface area (Å²) >= 11 is 0. The second-order valence-corrected chi connectivity index (χ2v) is 6.34. The van der Waals surface area contributed by atoms with Crippen LogP contribution in [0.25, 0.3) is 0 Å². The first-order chi connectivity index (χ1) is 9.36. The molecule has 0 aromatic heterocycles. The Balaban J connectivity index is 2.46. The van der Waals surface area contributed by atoms with E-state index in [0.717, 1.165) is 11.3 Å². The summed E-state index contributed by atoms with van der Waals surface area (Å²) in [7, 11) is 1.61. The minimum Gasteiger partial charge on any atom is -0.383 e. The maximum Gasteiger partial charge on any atom is 0.256 e. The van der Waals surface area contributed by atoms with Crippen molar-refractivity contribution in [3.8, 4) is 0 Å². The summed E-state index contributed by atoms with van der Waals surface area (Å²) in [6.07, 6.45) is -0.506. The second-order valence-electron chi connectivity index (χ2n) is 6.34. The molecule has 1 aliphatic heterocycles. The topological polar surface area (TPSA) is 49.8 Å². The number of aliphatic hydroxyl groups excluding tert-OH is 1. The highest BCUT2D eigenvalue weighted by Gasteiger charge is 2.40. The Hall–Kier alpha value is -1.39. The largest absolute Gasteiger partial charge is 0.383 e. The van der Waals surface area contributed by atoms with Gasteiger partial charge in [0.15, 0.2) is 0 Å². The van der Waals surface area contributed by atoms with E-state index in [2.05, 4.69) is 20.8 Å². The van der Waals surface area contributed by atoms with Crippen molar-refractivity contribution in [1.29, 1.82) is 0 Å². The number of hydrogen-bond donors (Lipinski definition) is 1. The van der Waals surface area contributed by atoms with Crippen molar-refractivity contribution in [1.82, 2.24) is 0 Å². The predicted octanol–water partition coefficient (Wildman–Crippen LogP) is 2.10. The van der Waals surface area contributed by atoms with Crippen molar-refractivity contribution >= 4 is 11.6 Å². The molecule has 1 aliphatic rings. The highest BCUT2D eigenvalue weighted by atomic mass is 16.5. The van der Waals surface area contributed by atoms with Gasteiger partial charge in [-0.05, 0) is 17.0 Å². The maximum atomic E-state index is 12.3. The third-order valence-corrected chi connectivity index (χ3v) is 3.71. The summed E-state index contributed by atoms with van der Waals surface area (Å²) in [5, 5.41) is 9.87. The molecule has 1 aromatic rings. The monoisotopic (exact) mass is 277 g/mol. The third-order valence-electron chi connectivity index (χ3n) is 3.71. The number of rotatable bonds is 3. The van der Waals surface area contributed by atoms with Crippen LogP contribution in [0.15, 0.2) is 24.3 Å². The molecule has 2 atom stereocenters. The lowest BCUT2D eigenvalue weighted by molar-refractivity contribution is -0.124. The van der Waals surface area contributed by atoms with Crippen LogP contribution < -0.4 is 4.90 Å². The van der Waals surface area contributed by atoms with E-state index < -0.39 is 6.10 Å². The summed E-state index contributed by atoms with van der Waals surface area (Å²) in [4.78, 5) is 14.0. The summed E-state index contributed by atoms with van der Waals surface area (Å²) in [5.74, 6) is -0.233. The zero-order valence-electron chi connectivity index (χ0n) is 12.6. The van der Waals surface area contributed by atoms with Gasteiger partial charge in [0, 0.05) is 19.2 Å². The van der Waals surface area contributed by atoms with Gasteiger partial charge in [-0.25, -0.2) is 0 Å². The van der Waals surface area contributed by atoms with E-state index in [0.29, 0.717) is 13.0 Å². The third kappa shape index (κ3) is 2.72. The molecule has 1 heterocycles. The first kappa shape index (κ1) is 15.0. The first-order valence-electron chi connectivity index (χ1n) is 6.96. The highest BCUT2D eigenvalue weighted by molar-refractivity contribution is 6.00. The zero-order valence-corrected chi connectivity index (χ0v) is 12.6. The van der Waals surface area contributed by atoms with Gasteiger partial charge in [0.05, 0.1) is 12.6 Å². The van der Waals surface area contributed by atoms with Gasteiger partial charge < -0.3 is 14.7 Å². The van der Waals surface area contributed by atoms with Crippen LogP contribution in [-0.4, -0.2) is 36.9 Å². The number of carbonyl (C=O) groups is 1. The molecule has 0 spiro atoms. The molecule has 0 saturated carbocycles. The van der Waals surface area contributed by atoms with Crippen molar-refractivity contribution < 1.29 is 14.6 Å². The molecule has 0 bridgehead atoms. The van der Waals surface area contributed by atoms with Gasteiger partial charge in [-0.2, -0.15) is 0 Å². The standard InChI is InChI=1S/C16H23NO3/c1-16(2,3)12-7-5-6-8-13(12)17-11(10-20-4)9-14(18)15(17)19/h5-8,11,14,18H,9-10H2,1-4H3/t11-,14-/m1/s1. The lowest BCUT2D eigenvalue weighted by atomic mass is 9.85. The van der Waals surface area contributed by atoms with Gasteiger partial charge in [-0.1, -0.05) is 39.0 Å². The number of benzene rings is 1. The van der Waals surface area contributed by atoms with Crippen LogP contribution in [0.2, 0.25) is 0 Å². The molecular weight excluding hydrogens is 254 g/mol. The number of anilines is 1. The van der Waals surface area contributed by atoms with Gasteiger partial charge in [-0.3, -0.25) is 4.79 Å². The van der Waals surface area contributed by atoms with Crippen molar-refractivity contribution in [3.05, 3.63) is 29.8 Å². The van der Waals surface area contributed by atoms with E-state index in [1.54, 1.807) is 12.0 Å². The molecule has 2 rings (SSSR count). The molecular formula is C16H23NO3. The Morgan fingerprint density at radius 2 is 2.00 bits per heavy atom. The smallest absolute Gasteiger partial charge is 0.256 e. The molecule has 1 amide bonds. The van der Waals surface area contributed by atoms with Crippen molar-refractivity contribution in [3.63, 3.8) is 0 Å². The molecule has 1 fully saturated rings. The van der Waals surface area contributed by atoms with E-state index >= 15 is 0 Å². The van der Waals surface area contributed by atoms with Gasteiger partial charge in [0.1, 0.15) is 6.10 Å². The molecule has 110 valence electrons. The predicted molar refractivity (Wildman–Crippen MR) is 78.9 cm³/mol. The fourth-order valence-corrected chi connectivity index (χ4v) is 2.77. The molecule has 0 radical (unpaired) electrons. The van der Waals surface area contributed by atoms with Gasteiger partial charge >= 0.3 is 0 Å². The number of para-hydroxylation sites is 1. The minimum atomic E-state index is -0.928. The highest BCUT2D eigenvalue weighted by Crippen LogP contribution is 2.36. The summed E-state index contributed by atoms with van der Waals surface area (Å²) in [6, 6.07) is 7.78. The van der Waals surface area contributed by atoms with E-state index in [1.165, 1.54) is 0 Å². The van der Waals surface area contributed by atoms with Crippen LogP contribution in [0.5, 0.6) is 0 Å². The minimum absolute atomic E-state index is 0.0674. The number of amides is 1. The van der Waals surface area contributed by atoms with Crippen molar-refractivity contribution in [2.45, 2.75) is 44.8 Å². The lowest BCUT2D eigenvalue weighted by Gasteiger charge is -2.31. The van der Waals surface area contributed by atoms with Crippen LogP contribution in [0.1, 0.15) is 32.8 Å². The van der Waals surface area contributed by atoms with Gasteiger partial charge in [0.2, 0.25) is 0 Å². The van der Waals surface area contributed by atoms with E-state index in [-0.39, 0.29) is 17.4 Å². The molecule has 0 aliphatic carbocycles. The Morgan fingerprint density at radius 3 is 2.60 bits per heavy atom. The molecule has 1 aromatic carbocycles. The van der Waals surface area contributed by atoms with Crippen LogP contribution in [0.4, 0.5) is 5.69 Å². The van der Waals surface area contributed by atoms with Crippen LogP contribution >= 0.6 is 0 Å². The fourth-order valence-electron chi connectivity index (χ4n) is 2.77. The number of nitrogens with zero attached hydrogens (tertiary/aromatic N) is 1. The zero-order chi connectivity index (χ0) is 14.9. The number of carbonyl (C=O) groups excluding carboxylic acids is 1. The van der Waals surface area contributed by atoms with Crippen molar-refractivity contribution in [2.75, 3.05) is 18.6 Å². The SMILES string of the molecule is COC[C@H]1C[C@@H](O)C(=O)N1c1ccccc1C(C)(C)C. The Bertz CT molecular complexity index is 493. The van der Waals surface area contributed by atoms with Crippen LogP contribution in [0.3, 0.4) is 0 Å². The van der Waals surface area contributed by atoms with E-state index in [4.69, 9.17) is 4.74 Å². The molecule has 1 N–H and O–H groups in total. The Kier molecular flexibility index (Phi) is 4.16. The summed E-state index contributed by atoms with van der Waals surface area (Å²) < 4.78 is 5.19. The normalized spacial score (nSPS) is 23.4. The number of ether oxygens (including phenoxy) is 1. The molecule has 4 nitrogen and oxygen atoms in total. The molecule has 1 saturated heterocycles. The summed E-state index contributed by atoms with van der Waals surface area (Å²) in [5.41, 5.74) is 1.91. The van der Waals surface area contributed by atoms with Crippen LogP contribution in [0, 0.1) is 0 Å². The first-order valence-corrected chi connectivity index (χ1v) is 6.96. The molecule has 4 heteroatoms. The molecule has 20 heavy (non-hydrogen) atoms. The van der Waals surface area contributed by atoms with Crippen molar-refractivity contribution in [2.24, 2.45) is 0 Å². The Morgan fingerprint density at radius 1 is 1.35 bits per heavy atom. The number of hydrogen-bond acceptors (Lipinski definition) is 3. The van der Waals surface area contributed by atoms with Crippen LogP contribution in [-0.2, 0) is 14.9 Å². The lowest BCUT2D eigenvalue weighted by Crippen LogP contribution is -2.38. The van der Waals surface area contributed by atoms with Gasteiger partial charge in [-0.15, -0.1) is 0 Å². The van der Waals surface area contributed by atoms with E-state index in [1.807, 2.05) is 24.3 Å².